The Morgan fingerprint density at radius 1 is 0.929 bits per heavy atom. The number of methoxy groups -OCH3 is 1. The molecule has 3 N–H and O–H groups in total. The Balaban J connectivity index is 1.78. The maximum absolute atomic E-state index is 12.2. The van der Waals surface area contributed by atoms with E-state index in [1.54, 1.807) is 31.4 Å². The van der Waals surface area contributed by atoms with E-state index in [0.717, 1.165) is 22.8 Å². The zero-order chi connectivity index (χ0) is 20.5. The van der Waals surface area contributed by atoms with Crippen LogP contribution in [-0.2, 0) is 9.59 Å². The van der Waals surface area contributed by atoms with Crippen LogP contribution in [0.2, 0.25) is 0 Å². The smallest absolute Gasteiger partial charge is 0.279 e. The second-order valence-electron chi connectivity index (χ2n) is 7.07. The van der Waals surface area contributed by atoms with E-state index in [1.807, 2.05) is 31.3 Å². The van der Waals surface area contributed by atoms with Crippen molar-refractivity contribution >= 4 is 23.2 Å². The first kappa shape index (κ1) is 21.4. The van der Waals surface area contributed by atoms with E-state index >= 15 is 0 Å². The van der Waals surface area contributed by atoms with Crippen LogP contribution in [0.15, 0.2) is 48.5 Å². The zero-order valence-electron chi connectivity index (χ0n) is 17.0. The summed E-state index contributed by atoms with van der Waals surface area (Å²) in [4.78, 5) is 25.2. The molecule has 0 aromatic heterocycles. The third-order valence-corrected chi connectivity index (χ3v) is 4.67. The molecule has 2 atom stereocenters. The molecule has 0 aliphatic heterocycles. The lowest BCUT2D eigenvalue weighted by atomic mass is 9.99. The second kappa shape index (κ2) is 10.5. The van der Waals surface area contributed by atoms with Gasteiger partial charge < -0.3 is 20.3 Å². The molecule has 0 saturated carbocycles. The van der Waals surface area contributed by atoms with Gasteiger partial charge in [0.1, 0.15) is 5.75 Å². The highest BCUT2D eigenvalue weighted by Gasteiger charge is 2.15. The van der Waals surface area contributed by atoms with Crippen molar-refractivity contribution in [2.24, 2.45) is 0 Å². The fourth-order valence-electron chi connectivity index (χ4n) is 2.83. The maximum Gasteiger partial charge on any atom is 0.279 e. The normalized spacial score (nSPS) is 12.7. The number of amides is 2. The van der Waals surface area contributed by atoms with E-state index in [9.17, 15) is 9.59 Å². The predicted octanol–water partition coefficient (Wildman–Crippen LogP) is 2.30. The molecule has 0 fully saturated rings. The quantitative estimate of drug-likeness (QED) is 0.621. The lowest BCUT2D eigenvalue weighted by molar-refractivity contribution is -0.862. The van der Waals surface area contributed by atoms with Gasteiger partial charge in [-0.2, -0.15) is 0 Å². The number of hydrogen-bond donors (Lipinski definition) is 3. The van der Waals surface area contributed by atoms with Crippen LogP contribution < -0.4 is 20.3 Å². The minimum absolute atomic E-state index is 0.119. The van der Waals surface area contributed by atoms with E-state index < -0.39 is 0 Å². The molecule has 0 spiro atoms. The average Bonchev–Trinajstić information content (AvgIpc) is 2.68. The van der Waals surface area contributed by atoms with E-state index in [-0.39, 0.29) is 24.9 Å². The monoisotopic (exact) mass is 384 g/mol. The van der Waals surface area contributed by atoms with Gasteiger partial charge >= 0.3 is 0 Å². The summed E-state index contributed by atoms with van der Waals surface area (Å²) in [6, 6.07) is 15.1. The van der Waals surface area contributed by atoms with Crippen LogP contribution in [0, 0.1) is 0 Å². The molecule has 2 aromatic rings. The molecule has 1 unspecified atom stereocenters. The zero-order valence-corrected chi connectivity index (χ0v) is 17.0. The molecule has 150 valence electrons. The summed E-state index contributed by atoms with van der Waals surface area (Å²) in [5, 5.41) is 5.71. The summed E-state index contributed by atoms with van der Waals surface area (Å²) < 4.78 is 5.09. The summed E-state index contributed by atoms with van der Waals surface area (Å²) >= 11 is 0. The number of ether oxygens (including phenoxy) is 1. The van der Waals surface area contributed by atoms with Gasteiger partial charge in [-0.25, -0.2) is 0 Å². The minimum Gasteiger partial charge on any atom is -0.497 e. The first-order chi connectivity index (χ1) is 13.4. The van der Waals surface area contributed by atoms with Crippen molar-refractivity contribution in [3.05, 3.63) is 54.1 Å². The van der Waals surface area contributed by atoms with Crippen LogP contribution in [0.1, 0.15) is 31.7 Å². The van der Waals surface area contributed by atoms with Crippen molar-refractivity contribution in [2.45, 2.75) is 26.2 Å². The Hall–Kier alpha value is -2.86. The van der Waals surface area contributed by atoms with Crippen molar-refractivity contribution in [3.63, 3.8) is 0 Å². The molecule has 0 heterocycles. The highest BCUT2D eigenvalue weighted by atomic mass is 16.5. The minimum atomic E-state index is -0.145. The van der Waals surface area contributed by atoms with Gasteiger partial charge in [0, 0.05) is 11.4 Å². The molecule has 0 radical (unpaired) electrons. The summed E-state index contributed by atoms with van der Waals surface area (Å²) in [5.74, 6) is 0.971. The van der Waals surface area contributed by atoms with E-state index in [2.05, 4.69) is 24.5 Å². The number of hydrogen-bond acceptors (Lipinski definition) is 3. The molecule has 0 aliphatic carbocycles. The number of rotatable bonds is 9. The summed E-state index contributed by atoms with van der Waals surface area (Å²) in [6.45, 7) is 4.75. The number of anilines is 2. The van der Waals surface area contributed by atoms with Crippen LogP contribution in [0.5, 0.6) is 5.75 Å². The first-order valence-corrected chi connectivity index (χ1v) is 9.56. The SMILES string of the molecule is CC[C@H](C)c1ccc(NC(=O)C[NH+](C)CC(=O)Nc2ccc(OC)cc2)cc1. The molecular weight excluding hydrogens is 354 g/mol. The third kappa shape index (κ3) is 6.70. The Morgan fingerprint density at radius 2 is 1.39 bits per heavy atom. The van der Waals surface area contributed by atoms with Gasteiger partial charge in [-0.1, -0.05) is 26.0 Å². The third-order valence-electron chi connectivity index (χ3n) is 4.67. The lowest BCUT2D eigenvalue weighted by Crippen LogP contribution is -3.11. The van der Waals surface area contributed by atoms with Gasteiger partial charge in [0.25, 0.3) is 11.8 Å². The highest BCUT2D eigenvalue weighted by Crippen LogP contribution is 2.20. The Morgan fingerprint density at radius 3 is 1.82 bits per heavy atom. The summed E-state index contributed by atoms with van der Waals surface area (Å²) in [7, 11) is 3.41. The fourth-order valence-corrected chi connectivity index (χ4v) is 2.83. The number of carbonyl (C=O) groups excluding carboxylic acids is 2. The second-order valence-corrected chi connectivity index (χ2v) is 7.07. The van der Waals surface area contributed by atoms with Gasteiger partial charge in [0.05, 0.1) is 14.2 Å². The van der Waals surface area contributed by atoms with Crippen LogP contribution in [0.3, 0.4) is 0 Å². The number of carbonyl (C=O) groups is 2. The molecule has 2 amide bonds. The molecule has 28 heavy (non-hydrogen) atoms. The molecule has 2 aromatic carbocycles. The molecule has 0 bridgehead atoms. The van der Waals surface area contributed by atoms with Gasteiger partial charge in [0.15, 0.2) is 13.1 Å². The van der Waals surface area contributed by atoms with Crippen molar-refractivity contribution < 1.29 is 19.2 Å². The largest absolute Gasteiger partial charge is 0.497 e. The standard InChI is InChI=1S/C22H29N3O3/c1-5-16(2)17-6-8-18(9-7-17)23-21(26)14-25(3)15-22(27)24-19-10-12-20(28-4)13-11-19/h6-13,16H,5,14-15H2,1-4H3,(H,23,26)(H,24,27)/p+1/t16-/m0/s1. The van der Waals surface area contributed by atoms with Gasteiger partial charge in [-0.15, -0.1) is 0 Å². The van der Waals surface area contributed by atoms with Crippen molar-refractivity contribution in [3.8, 4) is 5.75 Å². The molecule has 2 rings (SSSR count). The van der Waals surface area contributed by atoms with E-state index in [4.69, 9.17) is 4.74 Å². The maximum atomic E-state index is 12.2. The topological polar surface area (TPSA) is 71.9 Å². The van der Waals surface area contributed by atoms with E-state index in [0.29, 0.717) is 11.6 Å². The van der Waals surface area contributed by atoms with Crippen LogP contribution in [-0.4, -0.2) is 39.1 Å². The summed E-state index contributed by atoms with van der Waals surface area (Å²) in [5.41, 5.74) is 2.73. The number of likely N-dealkylation sites (N-methyl/N-ethyl adjacent to an activating group) is 1. The molecule has 6 heteroatoms. The van der Waals surface area contributed by atoms with Crippen molar-refractivity contribution in [2.75, 3.05) is 37.9 Å². The summed E-state index contributed by atoms with van der Waals surface area (Å²) in [6.07, 6.45) is 1.08. The molecular formula is C22H30N3O3+. The number of benzene rings is 2. The Bertz CT molecular complexity index is 773. The van der Waals surface area contributed by atoms with Crippen LogP contribution >= 0.6 is 0 Å². The van der Waals surface area contributed by atoms with Crippen LogP contribution in [0.25, 0.3) is 0 Å². The average molecular weight is 385 g/mol. The van der Waals surface area contributed by atoms with Crippen LogP contribution in [0.4, 0.5) is 11.4 Å². The number of quaternary nitrogens is 1. The first-order valence-electron chi connectivity index (χ1n) is 9.56. The molecule has 0 saturated heterocycles. The van der Waals surface area contributed by atoms with Gasteiger partial charge in [-0.05, 0) is 54.3 Å². The predicted molar refractivity (Wildman–Crippen MR) is 112 cm³/mol. The molecule has 0 aliphatic rings. The Kier molecular flexibility index (Phi) is 8.02. The molecule has 6 nitrogen and oxygen atoms in total. The highest BCUT2D eigenvalue weighted by molar-refractivity contribution is 5.93. The lowest BCUT2D eigenvalue weighted by Gasteiger charge is -2.14. The van der Waals surface area contributed by atoms with Crippen molar-refractivity contribution in [1.29, 1.82) is 0 Å². The van der Waals surface area contributed by atoms with Gasteiger partial charge in [-0.3, -0.25) is 9.59 Å². The van der Waals surface area contributed by atoms with E-state index in [1.165, 1.54) is 5.56 Å². The Labute approximate surface area is 166 Å². The fraction of sp³-hybridized carbons (Fsp3) is 0.364. The van der Waals surface area contributed by atoms with Crippen molar-refractivity contribution in [1.82, 2.24) is 0 Å². The number of nitrogens with one attached hydrogen (secondary N) is 3. The van der Waals surface area contributed by atoms with Gasteiger partial charge in [0.2, 0.25) is 0 Å².